The molecule has 30 heavy (non-hydrogen) atoms. The van der Waals surface area contributed by atoms with Gasteiger partial charge in [0.05, 0.1) is 30.6 Å². The Kier molecular flexibility index (Phi) is 5.22. The first-order chi connectivity index (χ1) is 14.6. The maximum absolute atomic E-state index is 10.5. The summed E-state index contributed by atoms with van der Waals surface area (Å²) in [6.45, 7) is 7.69. The number of morpholine rings is 1. The Morgan fingerprint density at radius 1 is 1.27 bits per heavy atom. The molecule has 2 N–H and O–H groups in total. The molecular weight excluding hydrogens is 402 g/mol. The zero-order valence-electron chi connectivity index (χ0n) is 17.3. The molecule has 5 rings (SSSR count). The van der Waals surface area contributed by atoms with Gasteiger partial charge in [-0.3, -0.25) is 5.10 Å². The molecule has 160 valence electrons. The van der Waals surface area contributed by atoms with Crippen molar-refractivity contribution in [3.8, 4) is 11.4 Å². The molecule has 8 nitrogen and oxygen atoms in total. The molecule has 3 aromatic heterocycles. The van der Waals surface area contributed by atoms with E-state index in [1.807, 2.05) is 13.0 Å². The second kappa shape index (κ2) is 7.88. The van der Waals surface area contributed by atoms with Gasteiger partial charge >= 0.3 is 0 Å². The topological polar surface area (TPSA) is 96.4 Å². The lowest BCUT2D eigenvalue weighted by Gasteiger charge is -2.38. The van der Waals surface area contributed by atoms with Gasteiger partial charge in [0.2, 0.25) is 0 Å². The fraction of sp³-hybridized carbons (Fsp3) is 0.571. The smallest absolute Gasteiger partial charge is 0.131 e. The van der Waals surface area contributed by atoms with Crippen LogP contribution in [0.5, 0.6) is 0 Å². The number of H-pyrrole nitrogens is 1. The van der Waals surface area contributed by atoms with Gasteiger partial charge in [-0.05, 0) is 55.9 Å². The van der Waals surface area contributed by atoms with Crippen molar-refractivity contribution in [3.63, 3.8) is 0 Å². The van der Waals surface area contributed by atoms with Crippen LogP contribution in [0.4, 0.5) is 5.82 Å². The summed E-state index contributed by atoms with van der Waals surface area (Å²) >= 11 is 1.45. The van der Waals surface area contributed by atoms with Crippen molar-refractivity contribution in [2.45, 2.75) is 38.1 Å². The van der Waals surface area contributed by atoms with E-state index in [9.17, 15) is 5.11 Å². The minimum Gasteiger partial charge on any atom is -0.395 e. The Bertz CT molecular complexity index is 1040. The average molecular weight is 430 g/mol. The van der Waals surface area contributed by atoms with E-state index < -0.39 is 0 Å². The summed E-state index contributed by atoms with van der Waals surface area (Å²) in [7, 11) is 0. The molecule has 3 aromatic rings. The number of nitrogens with one attached hydrogen (secondary N) is 1. The minimum absolute atomic E-state index is 0.0856. The number of hydrogen-bond acceptors (Lipinski definition) is 8. The number of rotatable bonds is 4. The predicted molar refractivity (Wildman–Crippen MR) is 116 cm³/mol. The van der Waals surface area contributed by atoms with E-state index in [-0.39, 0.29) is 18.1 Å². The maximum atomic E-state index is 10.5. The molecule has 2 aliphatic rings. The van der Waals surface area contributed by atoms with Crippen LogP contribution >= 0.6 is 11.5 Å². The van der Waals surface area contributed by atoms with E-state index >= 15 is 0 Å². The highest BCUT2D eigenvalue weighted by Gasteiger charge is 2.38. The molecule has 1 unspecified atom stereocenters. The van der Waals surface area contributed by atoms with Gasteiger partial charge in [-0.15, -0.1) is 0 Å². The van der Waals surface area contributed by atoms with Crippen LogP contribution in [-0.2, 0) is 14.9 Å². The molecule has 0 aromatic carbocycles. The van der Waals surface area contributed by atoms with Gasteiger partial charge in [0.25, 0.3) is 0 Å². The van der Waals surface area contributed by atoms with Gasteiger partial charge in [0, 0.05) is 30.9 Å². The van der Waals surface area contributed by atoms with Crippen molar-refractivity contribution < 1.29 is 14.6 Å². The van der Waals surface area contributed by atoms with E-state index in [2.05, 4.69) is 28.1 Å². The minimum atomic E-state index is -0.338. The molecule has 0 spiro atoms. The first-order valence-corrected chi connectivity index (χ1v) is 11.2. The van der Waals surface area contributed by atoms with E-state index in [1.54, 1.807) is 0 Å². The van der Waals surface area contributed by atoms with E-state index in [0.717, 1.165) is 58.1 Å². The van der Waals surface area contributed by atoms with Crippen LogP contribution in [-0.4, -0.2) is 70.3 Å². The Morgan fingerprint density at radius 3 is 2.80 bits per heavy atom. The Balaban J connectivity index is 1.72. The number of fused-ring (bicyclic) bond motifs is 1. The lowest BCUT2D eigenvalue weighted by atomic mass is 9.75. The zero-order chi connectivity index (χ0) is 20.7. The Morgan fingerprint density at radius 2 is 2.10 bits per heavy atom. The molecule has 1 atom stereocenters. The molecule has 5 heterocycles. The second-order valence-corrected chi connectivity index (χ2v) is 9.11. The Labute approximate surface area is 179 Å². The van der Waals surface area contributed by atoms with Crippen molar-refractivity contribution in [2.24, 2.45) is 0 Å². The fourth-order valence-electron chi connectivity index (χ4n) is 4.50. The SMILES string of the molecule is Cc1cc(-c2nsc3c(C4(CO)CCOCC4)cc(N4CCOCC4C)nc23)n[nH]1. The number of aromatic amines is 1. The second-order valence-electron chi connectivity index (χ2n) is 8.34. The van der Waals surface area contributed by atoms with Gasteiger partial charge in [-0.2, -0.15) is 9.47 Å². The summed E-state index contributed by atoms with van der Waals surface area (Å²) in [5.74, 6) is 0.918. The van der Waals surface area contributed by atoms with Crippen LogP contribution in [0.25, 0.3) is 21.6 Å². The molecule has 0 radical (unpaired) electrons. The molecule has 2 saturated heterocycles. The summed E-state index contributed by atoms with van der Waals surface area (Å²) in [5.41, 5.74) is 4.23. The molecule has 2 aliphatic heterocycles. The van der Waals surface area contributed by atoms with Gasteiger partial charge in [-0.25, -0.2) is 4.98 Å². The van der Waals surface area contributed by atoms with Crippen molar-refractivity contribution in [2.75, 3.05) is 44.5 Å². The average Bonchev–Trinajstić information content (AvgIpc) is 3.39. The largest absolute Gasteiger partial charge is 0.395 e. The molecule has 0 saturated carbocycles. The van der Waals surface area contributed by atoms with Gasteiger partial charge < -0.3 is 19.5 Å². The predicted octanol–water partition coefficient (Wildman–Crippen LogP) is 2.66. The van der Waals surface area contributed by atoms with Crippen LogP contribution in [0.1, 0.15) is 31.0 Å². The highest BCUT2D eigenvalue weighted by atomic mass is 32.1. The van der Waals surface area contributed by atoms with Crippen molar-refractivity contribution in [3.05, 3.63) is 23.4 Å². The number of aromatic nitrogens is 4. The summed E-state index contributed by atoms with van der Waals surface area (Å²) in [5, 5.41) is 17.9. The van der Waals surface area contributed by atoms with E-state index in [1.165, 1.54) is 11.5 Å². The summed E-state index contributed by atoms with van der Waals surface area (Å²) in [6.07, 6.45) is 1.57. The van der Waals surface area contributed by atoms with Gasteiger partial charge in [-0.1, -0.05) is 0 Å². The third kappa shape index (κ3) is 3.30. The third-order valence-corrected chi connectivity index (χ3v) is 7.22. The lowest BCUT2D eigenvalue weighted by molar-refractivity contribution is 0.0259. The number of ether oxygens (including phenoxy) is 2. The molecular formula is C21H27N5O3S. The van der Waals surface area contributed by atoms with Crippen molar-refractivity contribution in [1.29, 1.82) is 0 Å². The number of pyridine rings is 1. The fourth-order valence-corrected chi connectivity index (χ4v) is 5.46. The van der Waals surface area contributed by atoms with Gasteiger partial charge in [0.1, 0.15) is 22.7 Å². The molecule has 0 aliphatic carbocycles. The normalized spacial score (nSPS) is 22.0. The van der Waals surface area contributed by atoms with E-state index in [0.29, 0.717) is 26.4 Å². The number of nitrogens with zero attached hydrogens (tertiary/aromatic N) is 4. The Hall–Kier alpha value is -2.07. The van der Waals surface area contributed by atoms with Crippen molar-refractivity contribution >= 4 is 27.6 Å². The van der Waals surface area contributed by atoms with Crippen LogP contribution in [0.2, 0.25) is 0 Å². The first-order valence-electron chi connectivity index (χ1n) is 10.5. The van der Waals surface area contributed by atoms with Gasteiger partial charge in [0.15, 0.2) is 0 Å². The third-order valence-electron chi connectivity index (χ3n) is 6.35. The summed E-state index contributed by atoms with van der Waals surface area (Å²) < 4.78 is 17.0. The van der Waals surface area contributed by atoms with Crippen LogP contribution in [0, 0.1) is 6.92 Å². The number of aliphatic hydroxyl groups is 1. The van der Waals surface area contributed by atoms with Crippen molar-refractivity contribution in [1.82, 2.24) is 19.6 Å². The zero-order valence-corrected chi connectivity index (χ0v) is 18.2. The number of hydrogen-bond donors (Lipinski definition) is 2. The highest BCUT2D eigenvalue weighted by molar-refractivity contribution is 7.13. The standard InChI is InChI=1S/C21H27N5O3S/c1-13-9-16(24-23-13)18-19-20(30-25-18)15(21(12-27)3-6-28-7-4-21)10-17(22-19)26-5-8-29-11-14(26)2/h9-10,14,27H,3-8,11-12H2,1-2H3,(H,23,24). The molecule has 9 heteroatoms. The molecule has 0 amide bonds. The maximum Gasteiger partial charge on any atom is 0.131 e. The summed E-state index contributed by atoms with van der Waals surface area (Å²) in [6, 6.07) is 4.40. The van der Waals surface area contributed by atoms with E-state index in [4.69, 9.17) is 18.8 Å². The lowest BCUT2D eigenvalue weighted by Crippen LogP contribution is -2.44. The van der Waals surface area contributed by atoms with Crippen LogP contribution in [0.15, 0.2) is 12.1 Å². The number of anilines is 1. The summed E-state index contributed by atoms with van der Waals surface area (Å²) in [4.78, 5) is 7.37. The monoisotopic (exact) mass is 429 g/mol. The molecule has 0 bridgehead atoms. The number of aryl methyl sites for hydroxylation is 1. The van der Waals surface area contributed by atoms with Crippen LogP contribution in [0.3, 0.4) is 0 Å². The quantitative estimate of drug-likeness (QED) is 0.658. The van der Waals surface area contributed by atoms with Crippen LogP contribution < -0.4 is 4.90 Å². The highest BCUT2D eigenvalue weighted by Crippen LogP contribution is 2.43. The molecule has 2 fully saturated rings. The first kappa shape index (κ1) is 19.9. The number of aliphatic hydroxyl groups excluding tert-OH is 1.